The molecule has 0 spiro atoms. The van der Waals surface area contributed by atoms with Gasteiger partial charge in [0.2, 0.25) is 0 Å². The van der Waals surface area contributed by atoms with Gasteiger partial charge in [-0.1, -0.05) is 6.07 Å². The summed E-state index contributed by atoms with van der Waals surface area (Å²) in [6.45, 7) is 2.25. The van der Waals surface area contributed by atoms with Crippen molar-refractivity contribution in [2.24, 2.45) is 0 Å². The van der Waals surface area contributed by atoms with Crippen LogP contribution in [-0.2, 0) is 4.79 Å². The largest absolute Gasteiger partial charge is 0.506 e. The zero-order valence-corrected chi connectivity index (χ0v) is 10.2. The zero-order valence-electron chi connectivity index (χ0n) is 10.2. The number of hydrogen-bond donors (Lipinski definition) is 2. The highest BCUT2D eigenvalue weighted by molar-refractivity contribution is 5.93. The molecule has 0 fully saturated rings. The molecule has 2 N–H and O–H groups in total. The zero-order chi connectivity index (χ0) is 12.3. The highest BCUT2D eigenvalue weighted by Crippen LogP contribution is 2.23. The number of carbonyl (C=O) groups excluding carboxylic acids is 1. The fourth-order valence-corrected chi connectivity index (χ4v) is 1.37. The van der Waals surface area contributed by atoms with E-state index in [1.807, 2.05) is 34.1 Å². The van der Waals surface area contributed by atoms with Crippen molar-refractivity contribution in [3.63, 3.8) is 0 Å². The summed E-state index contributed by atoms with van der Waals surface area (Å²) in [7, 11) is 5.82. The Hall–Kier alpha value is -1.55. The van der Waals surface area contributed by atoms with Crippen LogP contribution in [0.15, 0.2) is 18.2 Å². The Morgan fingerprint density at radius 3 is 2.50 bits per heavy atom. The third-order valence-electron chi connectivity index (χ3n) is 2.05. The Morgan fingerprint density at radius 1 is 1.38 bits per heavy atom. The van der Waals surface area contributed by atoms with Gasteiger partial charge in [0, 0.05) is 0 Å². The molecule has 0 radical (unpaired) electrons. The second-order valence-electron chi connectivity index (χ2n) is 5.02. The third-order valence-corrected chi connectivity index (χ3v) is 2.05. The molecule has 1 amide bonds. The van der Waals surface area contributed by atoms with Gasteiger partial charge in [0.15, 0.2) is 6.54 Å². The van der Waals surface area contributed by atoms with E-state index in [1.54, 1.807) is 12.1 Å². The highest BCUT2D eigenvalue weighted by atomic mass is 16.3. The number of nitrogens with zero attached hydrogens (tertiary/aromatic N) is 1. The highest BCUT2D eigenvalue weighted by Gasteiger charge is 2.15. The third kappa shape index (κ3) is 3.90. The first-order valence-electron chi connectivity index (χ1n) is 5.18. The number of likely N-dealkylation sites (N-methyl/N-ethyl adjacent to an activating group) is 1. The van der Waals surface area contributed by atoms with Gasteiger partial charge >= 0.3 is 0 Å². The Balaban J connectivity index is 2.70. The van der Waals surface area contributed by atoms with Gasteiger partial charge in [0.25, 0.3) is 5.91 Å². The van der Waals surface area contributed by atoms with Crippen molar-refractivity contribution in [1.29, 1.82) is 0 Å². The van der Waals surface area contributed by atoms with Crippen LogP contribution in [0.25, 0.3) is 0 Å². The number of hydrogen-bond acceptors (Lipinski definition) is 2. The molecule has 0 unspecified atom stereocenters. The fraction of sp³-hybridized carbons (Fsp3) is 0.417. The standard InChI is InChI=1S/C12H18N2O2/c1-9-5-6-10(11(15)7-9)13-12(16)8-14(2,3)4/h5-7H,8H2,1-4H3,(H-,13,15,16)/p+1. The monoisotopic (exact) mass is 223 g/mol. The maximum atomic E-state index is 11.6. The number of phenolic OH excluding ortho intramolecular Hbond substituents is 1. The number of aryl methyl sites for hydroxylation is 1. The van der Waals surface area contributed by atoms with Gasteiger partial charge in [0.05, 0.1) is 26.8 Å². The maximum Gasteiger partial charge on any atom is 0.279 e. The quantitative estimate of drug-likeness (QED) is 0.600. The summed E-state index contributed by atoms with van der Waals surface area (Å²) in [5.74, 6) is 0.00131. The van der Waals surface area contributed by atoms with Crippen molar-refractivity contribution in [3.05, 3.63) is 23.8 Å². The van der Waals surface area contributed by atoms with E-state index in [2.05, 4.69) is 5.32 Å². The summed E-state index contributed by atoms with van der Waals surface area (Å²) in [4.78, 5) is 11.6. The fourth-order valence-electron chi connectivity index (χ4n) is 1.37. The summed E-state index contributed by atoms with van der Waals surface area (Å²) in [6, 6.07) is 5.18. The summed E-state index contributed by atoms with van der Waals surface area (Å²) >= 11 is 0. The first-order valence-corrected chi connectivity index (χ1v) is 5.18. The van der Waals surface area contributed by atoms with Gasteiger partial charge < -0.3 is 14.9 Å². The molecule has 0 bridgehead atoms. The molecule has 88 valence electrons. The average Bonchev–Trinajstić information content (AvgIpc) is 2.06. The minimum atomic E-state index is -0.105. The Bertz CT molecular complexity index is 394. The number of carbonyl (C=O) groups is 1. The minimum absolute atomic E-state index is 0.105. The van der Waals surface area contributed by atoms with Crippen molar-refractivity contribution < 1.29 is 14.4 Å². The molecule has 0 aliphatic rings. The van der Waals surface area contributed by atoms with Gasteiger partial charge in [-0.25, -0.2) is 0 Å². The van der Waals surface area contributed by atoms with E-state index in [0.717, 1.165) is 5.56 Å². The first kappa shape index (κ1) is 12.5. The molecule has 16 heavy (non-hydrogen) atoms. The molecule has 4 heteroatoms. The van der Waals surface area contributed by atoms with E-state index in [0.29, 0.717) is 16.7 Å². The van der Waals surface area contributed by atoms with Gasteiger partial charge in [-0.05, 0) is 24.6 Å². The molecule has 0 aliphatic carbocycles. The van der Waals surface area contributed by atoms with Crippen LogP contribution in [0.2, 0.25) is 0 Å². The Kier molecular flexibility index (Phi) is 3.55. The van der Waals surface area contributed by atoms with Crippen molar-refractivity contribution in [2.75, 3.05) is 33.0 Å². The topological polar surface area (TPSA) is 49.3 Å². The van der Waals surface area contributed by atoms with Crippen molar-refractivity contribution in [1.82, 2.24) is 0 Å². The molecule has 1 aromatic carbocycles. The van der Waals surface area contributed by atoms with Crippen LogP contribution in [0, 0.1) is 6.92 Å². The summed E-state index contributed by atoms with van der Waals surface area (Å²) in [6.07, 6.45) is 0. The number of aromatic hydroxyl groups is 1. The van der Waals surface area contributed by atoms with E-state index in [9.17, 15) is 9.90 Å². The molecule has 0 heterocycles. The Morgan fingerprint density at radius 2 is 2.00 bits per heavy atom. The second kappa shape index (κ2) is 4.53. The van der Waals surface area contributed by atoms with Crippen molar-refractivity contribution in [3.8, 4) is 5.75 Å². The van der Waals surface area contributed by atoms with Gasteiger partial charge in [-0.2, -0.15) is 0 Å². The lowest BCUT2D eigenvalue weighted by molar-refractivity contribution is -0.861. The number of amides is 1. The predicted molar refractivity (Wildman–Crippen MR) is 64.4 cm³/mol. The molecule has 0 saturated heterocycles. The van der Waals surface area contributed by atoms with Gasteiger partial charge in [-0.3, -0.25) is 4.79 Å². The van der Waals surface area contributed by atoms with Crippen LogP contribution in [-0.4, -0.2) is 43.2 Å². The van der Waals surface area contributed by atoms with Gasteiger partial charge in [0.1, 0.15) is 5.75 Å². The smallest absolute Gasteiger partial charge is 0.279 e. The molecule has 0 aliphatic heterocycles. The number of benzene rings is 1. The maximum absolute atomic E-state index is 11.6. The summed E-state index contributed by atoms with van der Waals surface area (Å²) in [5, 5.41) is 12.3. The number of rotatable bonds is 3. The van der Waals surface area contributed by atoms with E-state index in [-0.39, 0.29) is 11.7 Å². The molecule has 0 atom stereocenters. The molecule has 0 saturated carbocycles. The van der Waals surface area contributed by atoms with E-state index < -0.39 is 0 Å². The summed E-state index contributed by atoms with van der Waals surface area (Å²) in [5.41, 5.74) is 1.42. The molecule has 1 rings (SSSR count). The summed E-state index contributed by atoms with van der Waals surface area (Å²) < 4.78 is 0.554. The SMILES string of the molecule is Cc1ccc(NC(=O)C[N+](C)(C)C)c(O)c1. The molecule has 0 aromatic heterocycles. The van der Waals surface area contributed by atoms with Gasteiger partial charge in [-0.15, -0.1) is 0 Å². The lowest BCUT2D eigenvalue weighted by Crippen LogP contribution is -2.41. The van der Waals surface area contributed by atoms with E-state index in [4.69, 9.17) is 0 Å². The number of anilines is 1. The van der Waals surface area contributed by atoms with Crippen LogP contribution in [0.3, 0.4) is 0 Å². The lowest BCUT2D eigenvalue weighted by Gasteiger charge is -2.22. The van der Waals surface area contributed by atoms with Crippen LogP contribution in [0.5, 0.6) is 5.75 Å². The number of nitrogens with one attached hydrogen (secondary N) is 1. The molecule has 4 nitrogen and oxygen atoms in total. The van der Waals surface area contributed by atoms with E-state index >= 15 is 0 Å². The molecular formula is C12H19N2O2+. The lowest BCUT2D eigenvalue weighted by atomic mass is 10.2. The number of quaternary nitrogens is 1. The normalized spacial score (nSPS) is 11.2. The average molecular weight is 223 g/mol. The predicted octanol–water partition coefficient (Wildman–Crippen LogP) is 1.35. The first-order chi connectivity index (χ1) is 7.28. The van der Waals surface area contributed by atoms with E-state index in [1.165, 1.54) is 0 Å². The Labute approximate surface area is 96.1 Å². The van der Waals surface area contributed by atoms with Crippen LogP contribution in [0.1, 0.15) is 5.56 Å². The van der Waals surface area contributed by atoms with Crippen LogP contribution >= 0.6 is 0 Å². The van der Waals surface area contributed by atoms with Crippen LogP contribution in [0.4, 0.5) is 5.69 Å². The number of phenols is 1. The van der Waals surface area contributed by atoms with Crippen molar-refractivity contribution in [2.45, 2.75) is 6.92 Å². The minimum Gasteiger partial charge on any atom is -0.506 e. The molecular weight excluding hydrogens is 204 g/mol. The van der Waals surface area contributed by atoms with Crippen LogP contribution < -0.4 is 5.32 Å². The molecule has 1 aromatic rings. The van der Waals surface area contributed by atoms with Crippen molar-refractivity contribution >= 4 is 11.6 Å². The second-order valence-corrected chi connectivity index (χ2v) is 5.02.